The number of anilines is 1. The van der Waals surface area contributed by atoms with Gasteiger partial charge < -0.3 is 10.0 Å². The fraction of sp³-hybridized carbons (Fsp3) is 0.500. The zero-order chi connectivity index (χ0) is 13.1. The number of nitrogens with zero attached hydrogens (tertiary/aromatic N) is 3. The van der Waals surface area contributed by atoms with Crippen LogP contribution in [0.3, 0.4) is 0 Å². The van der Waals surface area contributed by atoms with E-state index in [0.717, 1.165) is 35.5 Å². The van der Waals surface area contributed by atoms with E-state index in [1.165, 1.54) is 4.88 Å². The maximum atomic E-state index is 8.95. The molecule has 2 heterocycles. The highest BCUT2D eigenvalue weighted by atomic mass is 35.5. The SMILES string of the molecule is CCN(CCCO)c1nc(Cl)nc2sc(C)cc12. The third kappa shape index (κ3) is 2.74. The van der Waals surface area contributed by atoms with E-state index in [4.69, 9.17) is 16.7 Å². The Morgan fingerprint density at radius 1 is 1.44 bits per heavy atom. The number of fused-ring (bicyclic) bond motifs is 1. The first-order valence-corrected chi connectivity index (χ1v) is 7.14. The van der Waals surface area contributed by atoms with E-state index < -0.39 is 0 Å². The Balaban J connectivity index is 2.46. The fourth-order valence-electron chi connectivity index (χ4n) is 1.92. The van der Waals surface area contributed by atoms with E-state index in [2.05, 4.69) is 27.9 Å². The Morgan fingerprint density at radius 3 is 2.89 bits per heavy atom. The van der Waals surface area contributed by atoms with E-state index in [1.807, 2.05) is 6.92 Å². The van der Waals surface area contributed by atoms with Crippen LogP contribution < -0.4 is 4.90 Å². The number of rotatable bonds is 5. The highest BCUT2D eigenvalue weighted by Gasteiger charge is 2.14. The summed E-state index contributed by atoms with van der Waals surface area (Å²) in [5.74, 6) is 0.866. The van der Waals surface area contributed by atoms with E-state index in [0.29, 0.717) is 0 Å². The number of halogens is 1. The van der Waals surface area contributed by atoms with Crippen LogP contribution in [0.4, 0.5) is 5.82 Å². The number of thiophene rings is 1. The van der Waals surface area contributed by atoms with E-state index >= 15 is 0 Å². The largest absolute Gasteiger partial charge is 0.396 e. The third-order valence-electron chi connectivity index (χ3n) is 2.74. The summed E-state index contributed by atoms with van der Waals surface area (Å²) in [4.78, 5) is 12.8. The Hall–Kier alpha value is -0.910. The molecule has 0 fully saturated rings. The summed E-state index contributed by atoms with van der Waals surface area (Å²) in [5.41, 5.74) is 0. The summed E-state index contributed by atoms with van der Waals surface area (Å²) < 4.78 is 0. The molecule has 0 aliphatic carbocycles. The molecule has 6 heteroatoms. The smallest absolute Gasteiger partial charge is 0.225 e. The van der Waals surface area contributed by atoms with Crippen LogP contribution in [0.15, 0.2) is 6.07 Å². The molecule has 0 aliphatic heterocycles. The van der Waals surface area contributed by atoms with Crippen molar-refractivity contribution in [3.05, 3.63) is 16.2 Å². The van der Waals surface area contributed by atoms with Crippen molar-refractivity contribution in [3.8, 4) is 0 Å². The molecule has 2 aromatic heterocycles. The predicted molar refractivity (Wildman–Crippen MR) is 76.8 cm³/mol. The van der Waals surface area contributed by atoms with Gasteiger partial charge in [-0.25, -0.2) is 4.98 Å². The van der Waals surface area contributed by atoms with E-state index in [1.54, 1.807) is 11.3 Å². The topological polar surface area (TPSA) is 49.2 Å². The molecule has 1 N–H and O–H groups in total. The molecule has 0 saturated carbocycles. The van der Waals surface area contributed by atoms with Crippen molar-refractivity contribution in [1.82, 2.24) is 9.97 Å². The van der Waals surface area contributed by atoms with Crippen molar-refractivity contribution in [3.63, 3.8) is 0 Å². The molecular weight excluding hydrogens is 270 g/mol. The van der Waals surface area contributed by atoms with Gasteiger partial charge in [-0.05, 0) is 37.9 Å². The van der Waals surface area contributed by atoms with Crippen LogP contribution in [0.5, 0.6) is 0 Å². The van der Waals surface area contributed by atoms with Crippen LogP contribution in [-0.4, -0.2) is 34.8 Å². The van der Waals surface area contributed by atoms with Gasteiger partial charge in [0.1, 0.15) is 10.6 Å². The first kappa shape index (κ1) is 13.5. The van der Waals surface area contributed by atoms with Gasteiger partial charge in [0, 0.05) is 24.6 Å². The van der Waals surface area contributed by atoms with Crippen molar-refractivity contribution < 1.29 is 5.11 Å². The van der Waals surface area contributed by atoms with Crippen molar-refractivity contribution in [2.45, 2.75) is 20.3 Å². The molecule has 0 bridgehead atoms. The lowest BCUT2D eigenvalue weighted by Gasteiger charge is -2.22. The number of hydrogen-bond donors (Lipinski definition) is 1. The molecule has 0 unspecified atom stereocenters. The van der Waals surface area contributed by atoms with E-state index in [9.17, 15) is 0 Å². The van der Waals surface area contributed by atoms with Gasteiger partial charge in [0.15, 0.2) is 0 Å². The second-order valence-corrected chi connectivity index (χ2v) is 5.62. The van der Waals surface area contributed by atoms with Crippen LogP contribution in [-0.2, 0) is 0 Å². The molecular formula is C12H16ClN3OS. The fourth-order valence-corrected chi connectivity index (χ4v) is 3.01. The maximum absolute atomic E-state index is 8.95. The average Bonchev–Trinajstić information content (AvgIpc) is 2.70. The summed E-state index contributed by atoms with van der Waals surface area (Å²) in [7, 11) is 0. The van der Waals surface area contributed by atoms with Crippen LogP contribution in [0.1, 0.15) is 18.2 Å². The van der Waals surface area contributed by atoms with Crippen molar-refractivity contribution in [2.24, 2.45) is 0 Å². The number of aryl methyl sites for hydroxylation is 1. The molecule has 0 amide bonds. The van der Waals surface area contributed by atoms with E-state index in [-0.39, 0.29) is 11.9 Å². The second kappa shape index (κ2) is 5.82. The minimum absolute atomic E-state index is 0.182. The molecule has 4 nitrogen and oxygen atoms in total. The minimum atomic E-state index is 0.182. The zero-order valence-corrected chi connectivity index (χ0v) is 12.1. The quantitative estimate of drug-likeness (QED) is 0.858. The highest BCUT2D eigenvalue weighted by Crippen LogP contribution is 2.31. The second-order valence-electron chi connectivity index (χ2n) is 4.05. The summed E-state index contributed by atoms with van der Waals surface area (Å²) in [6.45, 7) is 5.90. The molecule has 0 aromatic carbocycles. The van der Waals surface area contributed by atoms with Gasteiger partial charge in [-0.2, -0.15) is 4.98 Å². The molecule has 0 saturated heterocycles. The van der Waals surface area contributed by atoms with Crippen molar-refractivity contribution in [2.75, 3.05) is 24.6 Å². The molecule has 0 spiro atoms. The molecule has 0 aliphatic rings. The summed E-state index contributed by atoms with van der Waals surface area (Å²) in [5, 5.41) is 10.3. The van der Waals surface area contributed by atoms with Crippen LogP contribution in [0, 0.1) is 6.92 Å². The van der Waals surface area contributed by atoms with Gasteiger partial charge in [0.2, 0.25) is 5.28 Å². The lowest BCUT2D eigenvalue weighted by molar-refractivity contribution is 0.289. The molecule has 18 heavy (non-hydrogen) atoms. The predicted octanol–water partition coefficient (Wildman–Crippen LogP) is 2.86. The van der Waals surface area contributed by atoms with Crippen LogP contribution in [0.25, 0.3) is 10.2 Å². The number of aromatic nitrogens is 2. The monoisotopic (exact) mass is 285 g/mol. The van der Waals surface area contributed by atoms with Gasteiger partial charge in [-0.3, -0.25) is 0 Å². The molecule has 2 rings (SSSR count). The summed E-state index contributed by atoms with van der Waals surface area (Å²) in [6, 6.07) is 2.09. The summed E-state index contributed by atoms with van der Waals surface area (Å²) in [6.07, 6.45) is 0.722. The van der Waals surface area contributed by atoms with Crippen molar-refractivity contribution in [1.29, 1.82) is 0 Å². The molecule has 0 atom stereocenters. The first-order chi connectivity index (χ1) is 8.65. The molecule has 98 valence electrons. The maximum Gasteiger partial charge on any atom is 0.225 e. The number of hydrogen-bond acceptors (Lipinski definition) is 5. The van der Waals surface area contributed by atoms with Gasteiger partial charge in [0.05, 0.1) is 5.39 Å². The lowest BCUT2D eigenvalue weighted by atomic mass is 10.3. The zero-order valence-electron chi connectivity index (χ0n) is 10.5. The Bertz CT molecular complexity index is 543. The number of aliphatic hydroxyl groups is 1. The van der Waals surface area contributed by atoms with Gasteiger partial charge >= 0.3 is 0 Å². The van der Waals surface area contributed by atoms with Gasteiger partial charge in [-0.1, -0.05) is 0 Å². The van der Waals surface area contributed by atoms with Gasteiger partial charge in [-0.15, -0.1) is 11.3 Å². The number of aliphatic hydroxyl groups excluding tert-OH is 1. The minimum Gasteiger partial charge on any atom is -0.396 e. The van der Waals surface area contributed by atoms with Crippen molar-refractivity contribution >= 4 is 39.0 Å². The Morgan fingerprint density at radius 2 is 2.22 bits per heavy atom. The molecule has 0 radical (unpaired) electrons. The normalized spacial score (nSPS) is 11.1. The Labute approximate surface area is 115 Å². The summed E-state index contributed by atoms with van der Waals surface area (Å²) >= 11 is 7.60. The lowest BCUT2D eigenvalue weighted by Crippen LogP contribution is -2.25. The Kier molecular flexibility index (Phi) is 4.37. The van der Waals surface area contributed by atoms with Gasteiger partial charge in [0.25, 0.3) is 0 Å². The average molecular weight is 286 g/mol. The molecule has 2 aromatic rings. The van der Waals surface area contributed by atoms with Crippen LogP contribution in [0.2, 0.25) is 5.28 Å². The van der Waals surface area contributed by atoms with Crippen LogP contribution >= 0.6 is 22.9 Å². The first-order valence-electron chi connectivity index (χ1n) is 5.95. The third-order valence-corrected chi connectivity index (χ3v) is 3.85. The standard InChI is InChI=1S/C12H16ClN3OS/c1-3-16(5-4-6-17)10-9-7-8(2)18-11(9)15-12(13)14-10/h7,17H,3-6H2,1-2H3. The highest BCUT2D eigenvalue weighted by molar-refractivity contribution is 7.18.